The molecule has 0 atom stereocenters. The molecule has 0 aromatic heterocycles. The number of nitrogens with zero attached hydrogens (tertiary/aromatic N) is 1. The summed E-state index contributed by atoms with van der Waals surface area (Å²) in [6, 6.07) is 8.98. The summed E-state index contributed by atoms with van der Waals surface area (Å²) in [6.07, 6.45) is 1.19. The molecule has 0 amide bonds. The maximum atomic E-state index is 3.46. The topological polar surface area (TPSA) is 15.3 Å². The molecular weight excluding hydrogens is 232 g/mol. The molecule has 0 aliphatic rings. The summed E-state index contributed by atoms with van der Waals surface area (Å²) >= 11 is 0. The van der Waals surface area contributed by atoms with Crippen molar-refractivity contribution < 1.29 is 0 Å². The van der Waals surface area contributed by atoms with Gasteiger partial charge >= 0.3 is 0 Å². The van der Waals surface area contributed by atoms with Gasteiger partial charge in [-0.2, -0.15) is 0 Å². The molecule has 0 bridgehead atoms. The van der Waals surface area contributed by atoms with E-state index in [1.54, 1.807) is 0 Å². The Kier molecular flexibility index (Phi) is 7.76. The lowest BCUT2D eigenvalue weighted by atomic mass is 10.1. The SMILES string of the molecule is CCCNCc1cccc(CN(CC)CC(C)C)c1. The van der Waals surface area contributed by atoms with E-state index in [4.69, 9.17) is 0 Å². The molecule has 0 aliphatic heterocycles. The monoisotopic (exact) mass is 262 g/mol. The minimum absolute atomic E-state index is 0.731. The Balaban J connectivity index is 2.54. The molecule has 108 valence electrons. The largest absolute Gasteiger partial charge is 0.313 e. The van der Waals surface area contributed by atoms with Crippen LogP contribution in [0.15, 0.2) is 24.3 Å². The van der Waals surface area contributed by atoms with Gasteiger partial charge in [0.2, 0.25) is 0 Å². The molecule has 2 nitrogen and oxygen atoms in total. The lowest BCUT2D eigenvalue weighted by molar-refractivity contribution is 0.248. The zero-order valence-corrected chi connectivity index (χ0v) is 13.1. The van der Waals surface area contributed by atoms with Crippen LogP contribution in [0.2, 0.25) is 0 Å². The van der Waals surface area contributed by atoms with E-state index in [1.165, 1.54) is 24.1 Å². The van der Waals surface area contributed by atoms with Crippen molar-refractivity contribution in [3.05, 3.63) is 35.4 Å². The van der Waals surface area contributed by atoms with Crippen LogP contribution in [0.1, 0.15) is 45.2 Å². The summed E-state index contributed by atoms with van der Waals surface area (Å²) in [4.78, 5) is 2.52. The summed E-state index contributed by atoms with van der Waals surface area (Å²) in [6.45, 7) is 14.5. The minimum atomic E-state index is 0.731. The van der Waals surface area contributed by atoms with Gasteiger partial charge < -0.3 is 5.32 Å². The number of hydrogen-bond acceptors (Lipinski definition) is 2. The molecule has 0 saturated carbocycles. The maximum absolute atomic E-state index is 3.46. The Morgan fingerprint density at radius 2 is 1.89 bits per heavy atom. The third-order valence-electron chi connectivity index (χ3n) is 3.22. The second-order valence-electron chi connectivity index (χ2n) is 5.72. The van der Waals surface area contributed by atoms with Crippen molar-refractivity contribution in [1.82, 2.24) is 10.2 Å². The van der Waals surface area contributed by atoms with E-state index >= 15 is 0 Å². The summed E-state index contributed by atoms with van der Waals surface area (Å²) in [5.74, 6) is 0.731. The van der Waals surface area contributed by atoms with E-state index in [9.17, 15) is 0 Å². The molecule has 0 heterocycles. The van der Waals surface area contributed by atoms with Crippen LogP contribution >= 0.6 is 0 Å². The third kappa shape index (κ3) is 6.74. The van der Waals surface area contributed by atoms with Crippen molar-refractivity contribution in [2.75, 3.05) is 19.6 Å². The van der Waals surface area contributed by atoms with E-state index < -0.39 is 0 Å². The van der Waals surface area contributed by atoms with E-state index in [0.717, 1.165) is 32.1 Å². The van der Waals surface area contributed by atoms with Gasteiger partial charge in [-0.05, 0) is 36.6 Å². The lowest BCUT2D eigenvalue weighted by Crippen LogP contribution is -2.27. The molecule has 0 spiro atoms. The van der Waals surface area contributed by atoms with E-state index in [-0.39, 0.29) is 0 Å². The zero-order chi connectivity index (χ0) is 14.1. The van der Waals surface area contributed by atoms with Crippen molar-refractivity contribution in [3.8, 4) is 0 Å². The fourth-order valence-corrected chi connectivity index (χ4v) is 2.33. The molecule has 1 rings (SSSR count). The molecule has 2 heteroatoms. The molecule has 1 aromatic carbocycles. The molecule has 0 radical (unpaired) electrons. The highest BCUT2D eigenvalue weighted by molar-refractivity contribution is 5.23. The Hall–Kier alpha value is -0.860. The van der Waals surface area contributed by atoms with E-state index in [0.29, 0.717) is 0 Å². The zero-order valence-electron chi connectivity index (χ0n) is 13.1. The first kappa shape index (κ1) is 16.2. The van der Waals surface area contributed by atoms with Crippen LogP contribution in [0, 0.1) is 5.92 Å². The van der Waals surface area contributed by atoms with Gasteiger partial charge in [0, 0.05) is 19.6 Å². The number of nitrogens with one attached hydrogen (secondary N) is 1. The summed E-state index contributed by atoms with van der Waals surface area (Å²) in [7, 11) is 0. The number of rotatable bonds is 9. The Labute approximate surface area is 119 Å². The smallest absolute Gasteiger partial charge is 0.0233 e. The van der Waals surface area contributed by atoms with Gasteiger partial charge in [-0.25, -0.2) is 0 Å². The third-order valence-corrected chi connectivity index (χ3v) is 3.22. The highest BCUT2D eigenvalue weighted by atomic mass is 15.1. The molecule has 19 heavy (non-hydrogen) atoms. The number of benzene rings is 1. The average molecular weight is 262 g/mol. The van der Waals surface area contributed by atoms with Crippen LogP contribution in [-0.2, 0) is 13.1 Å². The van der Waals surface area contributed by atoms with Crippen LogP contribution in [0.5, 0.6) is 0 Å². The maximum Gasteiger partial charge on any atom is 0.0233 e. The van der Waals surface area contributed by atoms with Gasteiger partial charge in [0.05, 0.1) is 0 Å². The van der Waals surface area contributed by atoms with Gasteiger partial charge in [-0.15, -0.1) is 0 Å². The molecular formula is C17H30N2. The van der Waals surface area contributed by atoms with Crippen LogP contribution in [0.25, 0.3) is 0 Å². The van der Waals surface area contributed by atoms with Gasteiger partial charge in [0.1, 0.15) is 0 Å². The molecule has 0 unspecified atom stereocenters. The molecule has 0 fully saturated rings. The van der Waals surface area contributed by atoms with Crippen LogP contribution in [0.3, 0.4) is 0 Å². The normalized spacial score (nSPS) is 11.5. The Morgan fingerprint density at radius 3 is 2.53 bits per heavy atom. The van der Waals surface area contributed by atoms with Crippen molar-refractivity contribution >= 4 is 0 Å². The quantitative estimate of drug-likeness (QED) is 0.683. The summed E-state index contributed by atoms with van der Waals surface area (Å²) in [5.41, 5.74) is 2.82. The average Bonchev–Trinajstić information content (AvgIpc) is 2.38. The van der Waals surface area contributed by atoms with Crippen molar-refractivity contribution in [2.45, 2.75) is 47.2 Å². The first-order chi connectivity index (χ1) is 9.15. The summed E-state index contributed by atoms with van der Waals surface area (Å²) in [5, 5.41) is 3.46. The predicted molar refractivity (Wildman–Crippen MR) is 84.2 cm³/mol. The van der Waals surface area contributed by atoms with Crippen LogP contribution < -0.4 is 5.32 Å². The van der Waals surface area contributed by atoms with E-state index in [1.807, 2.05) is 0 Å². The van der Waals surface area contributed by atoms with Gasteiger partial charge in [-0.1, -0.05) is 52.0 Å². The standard InChI is InChI=1S/C17H30N2/c1-5-10-18-12-16-8-7-9-17(11-16)14-19(6-2)13-15(3)4/h7-9,11,15,18H,5-6,10,12-14H2,1-4H3. The van der Waals surface area contributed by atoms with Gasteiger partial charge in [0.15, 0.2) is 0 Å². The number of hydrogen-bond donors (Lipinski definition) is 1. The fraction of sp³-hybridized carbons (Fsp3) is 0.647. The molecule has 0 aliphatic carbocycles. The summed E-state index contributed by atoms with van der Waals surface area (Å²) < 4.78 is 0. The van der Waals surface area contributed by atoms with E-state index in [2.05, 4.69) is 62.2 Å². The molecule has 1 aromatic rings. The van der Waals surface area contributed by atoms with Gasteiger partial charge in [-0.3, -0.25) is 4.90 Å². The van der Waals surface area contributed by atoms with Crippen LogP contribution in [0.4, 0.5) is 0 Å². The molecule has 1 N–H and O–H groups in total. The second kappa shape index (κ2) is 9.11. The van der Waals surface area contributed by atoms with Crippen molar-refractivity contribution in [1.29, 1.82) is 0 Å². The van der Waals surface area contributed by atoms with Crippen molar-refractivity contribution in [2.24, 2.45) is 5.92 Å². The van der Waals surface area contributed by atoms with Crippen molar-refractivity contribution in [3.63, 3.8) is 0 Å². The fourth-order valence-electron chi connectivity index (χ4n) is 2.33. The Bertz CT molecular complexity index is 347. The first-order valence-electron chi connectivity index (χ1n) is 7.66. The van der Waals surface area contributed by atoms with Crippen LogP contribution in [-0.4, -0.2) is 24.5 Å². The highest BCUT2D eigenvalue weighted by Crippen LogP contribution is 2.10. The molecule has 0 saturated heterocycles. The first-order valence-corrected chi connectivity index (χ1v) is 7.66. The Morgan fingerprint density at radius 1 is 1.16 bits per heavy atom. The predicted octanol–water partition coefficient (Wildman–Crippen LogP) is 3.66. The van der Waals surface area contributed by atoms with Gasteiger partial charge in [0.25, 0.3) is 0 Å². The highest BCUT2D eigenvalue weighted by Gasteiger charge is 2.06. The minimum Gasteiger partial charge on any atom is -0.313 e. The second-order valence-corrected chi connectivity index (χ2v) is 5.72. The lowest BCUT2D eigenvalue weighted by Gasteiger charge is -2.22.